The van der Waals surface area contributed by atoms with Gasteiger partial charge < -0.3 is 5.11 Å². The van der Waals surface area contributed by atoms with Gasteiger partial charge in [-0.15, -0.1) is 5.10 Å². The Labute approximate surface area is 85.6 Å². The van der Waals surface area contributed by atoms with Crippen LogP contribution in [0.5, 0.6) is 0 Å². The molecule has 2 heterocycles. The highest BCUT2D eigenvalue weighted by Crippen LogP contribution is 2.11. The third-order valence-corrected chi connectivity index (χ3v) is 2.45. The Hall–Kier alpha value is -1.98. The number of rotatable bonds is 1. The zero-order chi connectivity index (χ0) is 11.2. The Morgan fingerprint density at radius 2 is 1.93 bits per heavy atom. The fourth-order valence-electron chi connectivity index (χ4n) is 1.35. The van der Waals surface area contributed by atoms with Crippen molar-refractivity contribution in [3.8, 4) is 0 Å². The molecule has 0 atom stereocenters. The quantitative estimate of drug-likeness (QED) is 0.744. The summed E-state index contributed by atoms with van der Waals surface area (Å²) in [5, 5.41) is 12.6. The van der Waals surface area contributed by atoms with Crippen LogP contribution in [-0.4, -0.2) is 30.7 Å². The van der Waals surface area contributed by atoms with Gasteiger partial charge in [0.05, 0.1) is 0 Å². The van der Waals surface area contributed by atoms with Crippen molar-refractivity contribution in [1.82, 2.24) is 19.6 Å². The second kappa shape index (κ2) is 3.01. The van der Waals surface area contributed by atoms with E-state index in [4.69, 9.17) is 5.11 Å². The normalized spacial score (nSPS) is 10.9. The maximum Gasteiger partial charge on any atom is 0.375 e. The lowest BCUT2D eigenvalue weighted by Crippen LogP contribution is -2.03. The largest absolute Gasteiger partial charge is 0.475 e. The molecule has 0 saturated heterocycles. The molecule has 0 saturated carbocycles. The van der Waals surface area contributed by atoms with Crippen molar-refractivity contribution in [1.29, 1.82) is 0 Å². The number of aromatic nitrogens is 4. The van der Waals surface area contributed by atoms with Gasteiger partial charge >= 0.3 is 5.97 Å². The van der Waals surface area contributed by atoms with Crippen molar-refractivity contribution in [3.63, 3.8) is 0 Å². The molecule has 2 aromatic rings. The van der Waals surface area contributed by atoms with Gasteiger partial charge in [-0.25, -0.2) is 14.3 Å². The molecule has 0 bridgehead atoms. The smallest absolute Gasteiger partial charge is 0.375 e. The van der Waals surface area contributed by atoms with Crippen molar-refractivity contribution in [2.45, 2.75) is 20.8 Å². The van der Waals surface area contributed by atoms with Gasteiger partial charge in [-0.1, -0.05) is 0 Å². The van der Waals surface area contributed by atoms with Gasteiger partial charge in [0.15, 0.2) is 0 Å². The van der Waals surface area contributed by atoms with E-state index in [-0.39, 0.29) is 5.82 Å². The maximum atomic E-state index is 10.7. The molecule has 0 spiro atoms. The first-order chi connectivity index (χ1) is 7.00. The van der Waals surface area contributed by atoms with E-state index in [1.807, 2.05) is 20.8 Å². The Kier molecular flexibility index (Phi) is 1.92. The molecule has 0 amide bonds. The molecule has 78 valence electrons. The van der Waals surface area contributed by atoms with E-state index in [1.165, 1.54) is 4.52 Å². The Balaban J connectivity index is 2.82. The molecule has 0 aliphatic rings. The predicted molar refractivity (Wildman–Crippen MR) is 52.0 cm³/mol. The van der Waals surface area contributed by atoms with E-state index in [9.17, 15) is 4.79 Å². The van der Waals surface area contributed by atoms with Crippen LogP contribution in [0, 0.1) is 20.8 Å². The van der Waals surface area contributed by atoms with Crippen LogP contribution in [0.15, 0.2) is 0 Å². The van der Waals surface area contributed by atoms with Crippen molar-refractivity contribution in [2.75, 3.05) is 0 Å². The number of hydrogen-bond donors (Lipinski definition) is 1. The molecule has 1 N–H and O–H groups in total. The molecule has 0 aliphatic carbocycles. The lowest BCUT2D eigenvalue weighted by atomic mass is 10.2. The molecule has 0 radical (unpaired) electrons. The average molecular weight is 206 g/mol. The number of fused-ring (bicyclic) bond motifs is 1. The molecule has 15 heavy (non-hydrogen) atoms. The van der Waals surface area contributed by atoms with Gasteiger partial charge in [0.2, 0.25) is 0 Å². The zero-order valence-electron chi connectivity index (χ0n) is 8.64. The summed E-state index contributed by atoms with van der Waals surface area (Å²) in [6.45, 7) is 5.63. The second-order valence-corrected chi connectivity index (χ2v) is 3.36. The molecule has 0 fully saturated rings. The topological polar surface area (TPSA) is 80.4 Å². The van der Waals surface area contributed by atoms with Gasteiger partial charge in [-0.2, -0.15) is 4.98 Å². The summed E-state index contributed by atoms with van der Waals surface area (Å²) in [5.41, 5.74) is 2.69. The van der Waals surface area contributed by atoms with Crippen LogP contribution in [0.2, 0.25) is 0 Å². The molecule has 6 heteroatoms. The molecular formula is C9H10N4O2. The van der Waals surface area contributed by atoms with Crippen LogP contribution in [0.1, 0.15) is 27.6 Å². The number of nitrogens with zero attached hydrogens (tertiary/aromatic N) is 4. The van der Waals surface area contributed by atoms with E-state index in [0.717, 1.165) is 17.0 Å². The molecule has 0 aliphatic heterocycles. The summed E-state index contributed by atoms with van der Waals surface area (Å²) in [7, 11) is 0. The Morgan fingerprint density at radius 1 is 1.27 bits per heavy atom. The minimum atomic E-state index is -1.14. The lowest BCUT2D eigenvalue weighted by Gasteiger charge is -2.03. The summed E-state index contributed by atoms with van der Waals surface area (Å²) in [6.07, 6.45) is 0. The van der Waals surface area contributed by atoms with Gasteiger partial charge in [0, 0.05) is 11.4 Å². The van der Waals surface area contributed by atoms with Crippen molar-refractivity contribution in [2.24, 2.45) is 0 Å². The maximum absolute atomic E-state index is 10.7. The Bertz CT molecular complexity index is 559. The zero-order valence-corrected chi connectivity index (χ0v) is 8.64. The summed E-state index contributed by atoms with van der Waals surface area (Å²) in [6, 6.07) is 0. The molecule has 2 aromatic heterocycles. The Morgan fingerprint density at radius 3 is 2.53 bits per heavy atom. The van der Waals surface area contributed by atoms with Crippen LogP contribution in [0.25, 0.3) is 5.78 Å². The van der Waals surface area contributed by atoms with Crippen LogP contribution in [0.4, 0.5) is 0 Å². The molecule has 0 unspecified atom stereocenters. The van der Waals surface area contributed by atoms with Crippen molar-refractivity contribution in [3.05, 3.63) is 22.8 Å². The monoisotopic (exact) mass is 206 g/mol. The number of carboxylic acid groups (broad SMARTS) is 1. The van der Waals surface area contributed by atoms with Gasteiger partial charge in [0.25, 0.3) is 11.6 Å². The SMILES string of the molecule is Cc1nc2nc(C(=O)O)nn2c(C)c1C. The number of aryl methyl sites for hydroxylation is 2. The minimum absolute atomic E-state index is 0.226. The number of hydrogen-bond acceptors (Lipinski definition) is 4. The van der Waals surface area contributed by atoms with Crippen LogP contribution < -0.4 is 0 Å². The summed E-state index contributed by atoms with van der Waals surface area (Å²) in [4.78, 5) is 18.7. The highest BCUT2D eigenvalue weighted by Gasteiger charge is 2.14. The van der Waals surface area contributed by atoms with Crippen molar-refractivity contribution >= 4 is 11.7 Å². The third-order valence-electron chi connectivity index (χ3n) is 2.45. The fraction of sp³-hybridized carbons (Fsp3) is 0.333. The summed E-state index contributed by atoms with van der Waals surface area (Å²) in [5.74, 6) is -1.04. The highest BCUT2D eigenvalue weighted by atomic mass is 16.4. The minimum Gasteiger partial charge on any atom is -0.475 e. The third kappa shape index (κ3) is 1.34. The number of aromatic carboxylic acids is 1. The van der Waals surface area contributed by atoms with Crippen LogP contribution in [-0.2, 0) is 0 Å². The van der Waals surface area contributed by atoms with Crippen LogP contribution in [0.3, 0.4) is 0 Å². The standard InChI is InChI=1S/C9H10N4O2/c1-4-5(2)10-9-11-7(8(14)15)12-13(9)6(4)3/h1-3H3,(H,14,15). The second-order valence-electron chi connectivity index (χ2n) is 3.36. The molecule has 2 rings (SSSR count). The first-order valence-electron chi connectivity index (χ1n) is 4.44. The van der Waals surface area contributed by atoms with E-state index >= 15 is 0 Å². The molecular weight excluding hydrogens is 196 g/mol. The van der Waals surface area contributed by atoms with Crippen molar-refractivity contribution < 1.29 is 9.90 Å². The predicted octanol–water partition coefficient (Wildman–Crippen LogP) is 0.748. The van der Waals surface area contributed by atoms with E-state index in [2.05, 4.69) is 15.1 Å². The van der Waals surface area contributed by atoms with Gasteiger partial charge in [-0.05, 0) is 26.3 Å². The first kappa shape index (κ1) is 9.57. The van der Waals surface area contributed by atoms with Gasteiger partial charge in [0.1, 0.15) is 0 Å². The van der Waals surface area contributed by atoms with Crippen LogP contribution >= 0.6 is 0 Å². The summed E-state index contributed by atoms with van der Waals surface area (Å²) < 4.78 is 1.45. The molecule has 6 nitrogen and oxygen atoms in total. The highest BCUT2D eigenvalue weighted by molar-refractivity contribution is 5.83. The molecule has 0 aromatic carbocycles. The lowest BCUT2D eigenvalue weighted by molar-refractivity contribution is 0.0684. The van der Waals surface area contributed by atoms with E-state index < -0.39 is 5.97 Å². The number of carbonyl (C=O) groups is 1. The number of carboxylic acids is 1. The average Bonchev–Trinajstić information content (AvgIpc) is 2.58. The van der Waals surface area contributed by atoms with E-state index in [1.54, 1.807) is 0 Å². The summed E-state index contributed by atoms with van der Waals surface area (Å²) >= 11 is 0. The van der Waals surface area contributed by atoms with Gasteiger partial charge in [-0.3, -0.25) is 0 Å². The first-order valence-corrected chi connectivity index (χ1v) is 4.44. The fourth-order valence-corrected chi connectivity index (χ4v) is 1.35. The van der Waals surface area contributed by atoms with E-state index in [0.29, 0.717) is 5.78 Å².